The van der Waals surface area contributed by atoms with Gasteiger partial charge >= 0.3 is 0 Å². The van der Waals surface area contributed by atoms with Crippen LogP contribution in [0.15, 0.2) is 11.4 Å². The zero-order valence-corrected chi connectivity index (χ0v) is 13.6. The van der Waals surface area contributed by atoms with Crippen molar-refractivity contribution >= 4 is 28.6 Å². The number of halogens is 1. The molecule has 1 aliphatic rings. The Morgan fingerprint density at radius 2 is 2.33 bits per heavy atom. The number of nitrogens with one attached hydrogen (secondary N) is 1. The van der Waals surface area contributed by atoms with Crippen molar-refractivity contribution in [2.24, 2.45) is 5.11 Å². The van der Waals surface area contributed by atoms with Gasteiger partial charge in [-0.25, -0.2) is 4.98 Å². The molecule has 4 atom stereocenters. The van der Waals surface area contributed by atoms with Gasteiger partial charge in [0, 0.05) is 12.0 Å². The van der Waals surface area contributed by atoms with Crippen molar-refractivity contribution < 1.29 is 14.9 Å². The fourth-order valence-corrected chi connectivity index (χ4v) is 2.83. The first-order valence-corrected chi connectivity index (χ1v) is 7.42. The summed E-state index contributed by atoms with van der Waals surface area (Å²) in [4.78, 5) is 15.0. The maximum absolute atomic E-state index is 10.5. The SMILES string of the molecule is CNc1nc(Cl)nc2c1ncn2[C@@H]1O[C@H](CN=[N+]=[N-])[C@](C)(O)[C@H]1O. The fourth-order valence-electron chi connectivity index (χ4n) is 2.67. The van der Waals surface area contributed by atoms with E-state index in [1.54, 1.807) is 7.05 Å². The predicted octanol–water partition coefficient (Wildman–Crippen LogP) is 0.841. The molecule has 1 aliphatic heterocycles. The molecule has 0 unspecified atom stereocenters. The van der Waals surface area contributed by atoms with Gasteiger partial charge in [0.1, 0.15) is 11.7 Å². The maximum atomic E-state index is 10.5. The van der Waals surface area contributed by atoms with Crippen LogP contribution < -0.4 is 5.32 Å². The smallest absolute Gasteiger partial charge is 0.226 e. The second-order valence-corrected chi connectivity index (χ2v) is 5.85. The highest BCUT2D eigenvalue weighted by molar-refractivity contribution is 6.28. The lowest BCUT2D eigenvalue weighted by molar-refractivity contribution is -0.0600. The molecule has 2 aromatic heterocycles. The number of azide groups is 1. The molecule has 0 spiro atoms. The molecular weight excluding hydrogens is 340 g/mol. The van der Waals surface area contributed by atoms with Gasteiger partial charge in [-0.05, 0) is 24.1 Å². The van der Waals surface area contributed by atoms with Crippen molar-refractivity contribution in [2.45, 2.75) is 31.0 Å². The maximum Gasteiger partial charge on any atom is 0.226 e. The molecule has 128 valence electrons. The number of rotatable bonds is 4. The summed E-state index contributed by atoms with van der Waals surface area (Å²) in [6.45, 7) is 1.29. The summed E-state index contributed by atoms with van der Waals surface area (Å²) < 4.78 is 7.15. The Balaban J connectivity index is 2.05. The summed E-state index contributed by atoms with van der Waals surface area (Å²) in [6.07, 6.45) is -1.73. The molecule has 0 saturated carbocycles. The van der Waals surface area contributed by atoms with Crippen LogP contribution in [-0.4, -0.2) is 61.1 Å². The van der Waals surface area contributed by atoms with E-state index in [-0.39, 0.29) is 11.8 Å². The van der Waals surface area contributed by atoms with Crippen LogP contribution in [0.25, 0.3) is 21.6 Å². The lowest BCUT2D eigenvalue weighted by Gasteiger charge is -2.25. The topological polar surface area (TPSA) is 154 Å². The number of anilines is 1. The third-order valence-corrected chi connectivity index (χ3v) is 4.21. The second kappa shape index (κ2) is 6.04. The third-order valence-electron chi connectivity index (χ3n) is 4.04. The zero-order valence-electron chi connectivity index (χ0n) is 12.8. The molecule has 0 radical (unpaired) electrons. The number of imidazole rings is 1. The number of hydrogen-bond acceptors (Lipinski definition) is 8. The van der Waals surface area contributed by atoms with Crippen LogP contribution in [0.5, 0.6) is 0 Å². The first-order chi connectivity index (χ1) is 11.4. The molecule has 3 heterocycles. The molecule has 12 heteroatoms. The molecule has 24 heavy (non-hydrogen) atoms. The Bertz CT molecular complexity index is 818. The minimum absolute atomic E-state index is 0.00141. The Morgan fingerprint density at radius 1 is 1.58 bits per heavy atom. The van der Waals surface area contributed by atoms with Gasteiger partial charge in [0.05, 0.1) is 19.0 Å². The predicted molar refractivity (Wildman–Crippen MR) is 84.4 cm³/mol. The Morgan fingerprint density at radius 3 is 3.00 bits per heavy atom. The summed E-state index contributed by atoms with van der Waals surface area (Å²) >= 11 is 5.92. The van der Waals surface area contributed by atoms with Crippen LogP contribution in [0.1, 0.15) is 13.2 Å². The van der Waals surface area contributed by atoms with Crippen LogP contribution in [0.3, 0.4) is 0 Å². The molecule has 1 fully saturated rings. The Labute approximate surface area is 140 Å². The largest absolute Gasteiger partial charge is 0.385 e. The molecule has 0 amide bonds. The van der Waals surface area contributed by atoms with Crippen LogP contribution in [0.2, 0.25) is 5.28 Å². The van der Waals surface area contributed by atoms with Crippen molar-refractivity contribution in [2.75, 3.05) is 18.9 Å². The molecule has 0 bridgehead atoms. The van der Waals surface area contributed by atoms with Gasteiger partial charge in [-0.1, -0.05) is 5.11 Å². The normalized spacial score (nSPS) is 29.6. The highest BCUT2D eigenvalue weighted by Gasteiger charge is 2.52. The molecule has 0 aromatic carbocycles. The number of aliphatic hydroxyl groups excluding tert-OH is 1. The van der Waals surface area contributed by atoms with E-state index < -0.39 is 24.0 Å². The highest BCUT2D eigenvalue weighted by atomic mass is 35.5. The molecule has 3 N–H and O–H groups in total. The van der Waals surface area contributed by atoms with Crippen molar-refractivity contribution in [1.82, 2.24) is 19.5 Å². The number of aliphatic hydroxyl groups is 2. The fraction of sp³-hybridized carbons (Fsp3) is 0.583. The second-order valence-electron chi connectivity index (χ2n) is 5.51. The van der Waals surface area contributed by atoms with Crippen LogP contribution in [0.4, 0.5) is 5.82 Å². The lowest BCUT2D eigenvalue weighted by Crippen LogP contribution is -2.45. The van der Waals surface area contributed by atoms with Gasteiger partial charge in [-0.2, -0.15) is 9.97 Å². The molecular formula is C12H15ClN8O3. The average Bonchev–Trinajstić information content (AvgIpc) is 3.05. The van der Waals surface area contributed by atoms with E-state index in [1.807, 2.05) is 0 Å². The number of aromatic nitrogens is 4. The van der Waals surface area contributed by atoms with Gasteiger partial charge < -0.3 is 20.3 Å². The quantitative estimate of drug-likeness (QED) is 0.318. The number of nitrogens with zero attached hydrogens (tertiary/aromatic N) is 7. The van der Waals surface area contributed by atoms with Crippen molar-refractivity contribution in [1.29, 1.82) is 0 Å². The Hall–Kier alpha value is -2.17. The lowest BCUT2D eigenvalue weighted by atomic mass is 9.94. The number of ether oxygens (including phenoxy) is 1. The summed E-state index contributed by atoms with van der Waals surface area (Å²) in [6, 6.07) is 0. The van der Waals surface area contributed by atoms with Crippen molar-refractivity contribution in [3.8, 4) is 0 Å². The van der Waals surface area contributed by atoms with Crippen LogP contribution in [-0.2, 0) is 4.74 Å². The van der Waals surface area contributed by atoms with E-state index in [1.165, 1.54) is 17.8 Å². The third kappa shape index (κ3) is 2.52. The van der Waals surface area contributed by atoms with E-state index in [9.17, 15) is 10.2 Å². The summed E-state index contributed by atoms with van der Waals surface area (Å²) in [5.41, 5.74) is 7.61. The van der Waals surface area contributed by atoms with Gasteiger partial charge in [0.25, 0.3) is 0 Å². The molecule has 1 saturated heterocycles. The number of hydrogen-bond donors (Lipinski definition) is 3. The van der Waals surface area contributed by atoms with Crippen LogP contribution >= 0.6 is 11.6 Å². The molecule has 0 aliphatic carbocycles. The first-order valence-electron chi connectivity index (χ1n) is 7.04. The molecule has 2 aromatic rings. The van der Waals surface area contributed by atoms with Crippen LogP contribution in [0, 0.1) is 0 Å². The summed E-state index contributed by atoms with van der Waals surface area (Å²) in [5.74, 6) is 0.425. The van der Waals surface area contributed by atoms with Crippen molar-refractivity contribution in [3.05, 3.63) is 22.1 Å². The van der Waals surface area contributed by atoms with Gasteiger partial charge in [0.15, 0.2) is 23.2 Å². The molecule has 11 nitrogen and oxygen atoms in total. The van der Waals surface area contributed by atoms with E-state index in [4.69, 9.17) is 21.9 Å². The summed E-state index contributed by atoms with van der Waals surface area (Å²) in [7, 11) is 1.67. The standard InChI is InChI=1S/C12H15ClN8O3/c1-12(23)5(3-17-20-14)24-10(7(12)22)21-4-16-6-8(15-2)18-11(13)19-9(6)21/h4-5,7,10,22-23H,3H2,1-2H3,(H,15,18,19)/t5-,7+,10-,12+/m1/s1. The van der Waals surface area contributed by atoms with E-state index in [0.717, 1.165) is 0 Å². The highest BCUT2D eigenvalue weighted by Crippen LogP contribution is 2.38. The molecule has 3 rings (SSSR count). The monoisotopic (exact) mass is 354 g/mol. The van der Waals surface area contributed by atoms with E-state index in [0.29, 0.717) is 17.0 Å². The van der Waals surface area contributed by atoms with Crippen molar-refractivity contribution in [3.63, 3.8) is 0 Å². The first kappa shape index (κ1) is 16.7. The van der Waals surface area contributed by atoms with Gasteiger partial charge in [0.2, 0.25) is 5.28 Å². The van der Waals surface area contributed by atoms with Gasteiger partial charge in [-0.15, -0.1) is 0 Å². The minimum atomic E-state index is -1.61. The minimum Gasteiger partial charge on any atom is -0.385 e. The average molecular weight is 355 g/mol. The Kier molecular flexibility index (Phi) is 4.20. The zero-order chi connectivity index (χ0) is 17.5. The van der Waals surface area contributed by atoms with E-state index in [2.05, 4.69) is 30.3 Å². The van der Waals surface area contributed by atoms with E-state index >= 15 is 0 Å². The van der Waals surface area contributed by atoms with Gasteiger partial charge in [-0.3, -0.25) is 4.57 Å². The number of fused-ring (bicyclic) bond motifs is 1. The summed E-state index contributed by atoms with van der Waals surface area (Å²) in [5, 5.41) is 27.2.